The molecule has 0 aliphatic carbocycles. The van der Waals surface area contributed by atoms with Crippen molar-refractivity contribution in [2.45, 2.75) is 58.7 Å². The van der Waals surface area contributed by atoms with Gasteiger partial charge in [0.15, 0.2) is 0 Å². The number of hydrogen-bond donors (Lipinski definition) is 2. The number of nitrogens with one attached hydrogen (secondary N) is 1. The highest BCUT2D eigenvalue weighted by atomic mass is 16.5. The van der Waals surface area contributed by atoms with E-state index < -0.39 is 5.54 Å². The minimum absolute atomic E-state index is 0.121. The van der Waals surface area contributed by atoms with Gasteiger partial charge in [0.25, 0.3) is 0 Å². The largest absolute Gasteiger partial charge is 0.375 e. The molecule has 2 aromatic heterocycles. The number of benzene rings is 1. The molecular weight excluding hydrogens is 372 g/mol. The number of hydrogen-bond acceptors (Lipinski definition) is 4. The summed E-state index contributed by atoms with van der Waals surface area (Å²) in [6, 6.07) is 16.4. The van der Waals surface area contributed by atoms with Crippen molar-refractivity contribution in [1.29, 1.82) is 0 Å². The molecule has 1 unspecified atom stereocenters. The van der Waals surface area contributed by atoms with Crippen LogP contribution in [0, 0.1) is 0 Å². The summed E-state index contributed by atoms with van der Waals surface area (Å²) in [4.78, 5) is 4.78. The molecule has 0 fully saturated rings. The number of nitrogens with zero attached hydrogens (tertiary/aromatic N) is 2. The van der Waals surface area contributed by atoms with E-state index in [0.717, 1.165) is 35.4 Å². The van der Waals surface area contributed by atoms with E-state index in [9.17, 15) is 0 Å². The lowest BCUT2D eigenvalue weighted by molar-refractivity contribution is 0.0978. The van der Waals surface area contributed by atoms with Gasteiger partial charge in [-0.05, 0) is 44.4 Å². The van der Waals surface area contributed by atoms with E-state index in [4.69, 9.17) is 15.5 Å². The molecule has 5 heteroatoms. The van der Waals surface area contributed by atoms with Gasteiger partial charge >= 0.3 is 0 Å². The van der Waals surface area contributed by atoms with Crippen LogP contribution in [0.15, 0.2) is 66.5 Å². The van der Waals surface area contributed by atoms with Crippen LogP contribution in [0.25, 0.3) is 5.52 Å². The molecule has 1 aromatic carbocycles. The van der Waals surface area contributed by atoms with Crippen molar-refractivity contribution >= 4 is 5.52 Å². The summed E-state index contributed by atoms with van der Waals surface area (Å²) < 4.78 is 8.37. The van der Waals surface area contributed by atoms with E-state index in [2.05, 4.69) is 60.0 Å². The fourth-order valence-electron chi connectivity index (χ4n) is 3.61. The maximum atomic E-state index is 6.46. The Kier molecular flexibility index (Phi) is 7.29. The number of pyridine rings is 1. The van der Waals surface area contributed by atoms with Gasteiger partial charge in [0.2, 0.25) is 0 Å². The molecular formula is C25H34N4O. The zero-order valence-corrected chi connectivity index (χ0v) is 18.6. The lowest BCUT2D eigenvalue weighted by atomic mass is 10.00. The Hall–Kier alpha value is -2.63. The quantitative estimate of drug-likeness (QED) is 0.509. The Morgan fingerprint density at radius 3 is 2.60 bits per heavy atom. The molecule has 0 aliphatic heterocycles. The first-order chi connectivity index (χ1) is 14.4. The molecule has 0 saturated heterocycles. The van der Waals surface area contributed by atoms with Crippen LogP contribution in [0.1, 0.15) is 57.2 Å². The lowest BCUT2D eigenvalue weighted by Crippen LogP contribution is -2.43. The fraction of sp³-hybridized carbons (Fsp3) is 0.400. The molecule has 0 saturated carbocycles. The highest BCUT2D eigenvalue weighted by Gasteiger charge is 2.25. The van der Waals surface area contributed by atoms with Crippen LogP contribution < -0.4 is 11.1 Å². The normalized spacial score (nSPS) is 13.6. The highest BCUT2D eigenvalue weighted by Crippen LogP contribution is 2.22. The van der Waals surface area contributed by atoms with Crippen LogP contribution >= 0.6 is 0 Å². The van der Waals surface area contributed by atoms with Gasteiger partial charge in [-0.2, -0.15) is 0 Å². The smallest absolute Gasteiger partial charge is 0.138 e. The molecule has 3 N–H and O–H groups in total. The van der Waals surface area contributed by atoms with Gasteiger partial charge in [0, 0.05) is 16.9 Å². The lowest BCUT2D eigenvalue weighted by Gasteiger charge is -2.29. The first-order valence-electron chi connectivity index (χ1n) is 10.8. The molecule has 0 aliphatic rings. The van der Waals surface area contributed by atoms with Crippen LogP contribution in [0.2, 0.25) is 0 Å². The average Bonchev–Trinajstić information content (AvgIpc) is 3.16. The Bertz CT molecular complexity index is 970. The highest BCUT2D eigenvalue weighted by molar-refractivity contribution is 5.48. The monoisotopic (exact) mass is 406 g/mol. The molecule has 5 nitrogen and oxygen atoms in total. The SMILES string of the molecule is CC/C=C(/NC(COCc1ccccc1)c1ncc2cccc(CC)n12)C(C)(C)N. The minimum atomic E-state index is -0.478. The molecule has 160 valence electrons. The summed E-state index contributed by atoms with van der Waals surface area (Å²) in [6.07, 6.45) is 5.92. The molecule has 2 heterocycles. The number of fused-ring (bicyclic) bond motifs is 1. The third-order valence-electron chi connectivity index (χ3n) is 5.16. The average molecular weight is 407 g/mol. The molecule has 0 amide bonds. The van der Waals surface area contributed by atoms with Gasteiger partial charge in [0.1, 0.15) is 11.9 Å². The predicted octanol–water partition coefficient (Wildman–Crippen LogP) is 4.78. The second kappa shape index (κ2) is 9.92. The summed E-state index contributed by atoms with van der Waals surface area (Å²) in [5.74, 6) is 0.946. The number of aryl methyl sites for hydroxylation is 1. The van der Waals surface area contributed by atoms with E-state index >= 15 is 0 Å². The van der Waals surface area contributed by atoms with Gasteiger partial charge in [-0.25, -0.2) is 4.98 Å². The van der Waals surface area contributed by atoms with E-state index in [0.29, 0.717) is 13.2 Å². The molecule has 3 rings (SSSR count). The molecule has 30 heavy (non-hydrogen) atoms. The molecule has 1 atom stereocenters. The van der Waals surface area contributed by atoms with Gasteiger partial charge in [-0.15, -0.1) is 0 Å². The van der Waals surface area contributed by atoms with Crippen molar-refractivity contribution in [2.24, 2.45) is 5.73 Å². The number of rotatable bonds is 10. The van der Waals surface area contributed by atoms with Crippen molar-refractivity contribution in [3.8, 4) is 0 Å². The van der Waals surface area contributed by atoms with Gasteiger partial charge in [-0.3, -0.25) is 4.40 Å². The summed E-state index contributed by atoms with van der Waals surface area (Å²) in [5.41, 5.74) is 10.5. The van der Waals surface area contributed by atoms with Crippen molar-refractivity contribution < 1.29 is 4.74 Å². The maximum Gasteiger partial charge on any atom is 0.138 e. The van der Waals surface area contributed by atoms with E-state index in [1.54, 1.807) is 0 Å². The molecule has 0 spiro atoms. The zero-order valence-electron chi connectivity index (χ0n) is 18.6. The maximum absolute atomic E-state index is 6.46. The van der Waals surface area contributed by atoms with Crippen LogP contribution in [0.5, 0.6) is 0 Å². The third-order valence-corrected chi connectivity index (χ3v) is 5.16. The van der Waals surface area contributed by atoms with Crippen molar-refractivity contribution in [2.75, 3.05) is 6.61 Å². The van der Waals surface area contributed by atoms with E-state index in [1.807, 2.05) is 38.2 Å². The summed E-state index contributed by atoms with van der Waals surface area (Å²) in [5, 5.41) is 3.65. The predicted molar refractivity (Wildman–Crippen MR) is 123 cm³/mol. The Labute approximate surface area is 180 Å². The van der Waals surface area contributed by atoms with Gasteiger partial charge in [-0.1, -0.05) is 56.3 Å². The number of imidazole rings is 1. The Balaban J connectivity index is 1.92. The molecule has 3 aromatic rings. The van der Waals surface area contributed by atoms with Crippen molar-refractivity contribution in [1.82, 2.24) is 14.7 Å². The van der Waals surface area contributed by atoms with Crippen LogP contribution in [-0.4, -0.2) is 21.5 Å². The van der Waals surface area contributed by atoms with Gasteiger partial charge in [0.05, 0.1) is 24.9 Å². The van der Waals surface area contributed by atoms with E-state index in [-0.39, 0.29) is 6.04 Å². The third kappa shape index (κ3) is 5.29. The Morgan fingerprint density at radius 2 is 1.93 bits per heavy atom. The summed E-state index contributed by atoms with van der Waals surface area (Å²) >= 11 is 0. The first-order valence-corrected chi connectivity index (χ1v) is 10.8. The number of ether oxygens (including phenoxy) is 1. The summed E-state index contributed by atoms with van der Waals surface area (Å²) in [7, 11) is 0. The fourth-order valence-corrected chi connectivity index (χ4v) is 3.61. The first kappa shape index (κ1) is 22.1. The van der Waals surface area contributed by atoms with Crippen LogP contribution in [0.3, 0.4) is 0 Å². The Morgan fingerprint density at radius 1 is 1.17 bits per heavy atom. The number of aromatic nitrogens is 2. The number of nitrogens with two attached hydrogens (primary N) is 1. The van der Waals surface area contributed by atoms with Crippen LogP contribution in [0.4, 0.5) is 0 Å². The van der Waals surface area contributed by atoms with Crippen molar-refractivity contribution in [3.63, 3.8) is 0 Å². The second-order valence-electron chi connectivity index (χ2n) is 8.19. The van der Waals surface area contributed by atoms with E-state index in [1.165, 1.54) is 5.69 Å². The topological polar surface area (TPSA) is 64.6 Å². The van der Waals surface area contributed by atoms with Crippen molar-refractivity contribution in [3.05, 3.63) is 83.6 Å². The number of allylic oxidation sites excluding steroid dienone is 1. The minimum Gasteiger partial charge on any atom is -0.375 e. The standard InChI is InChI=1S/C25H34N4O/c1-5-11-23(25(3,4)26)28-22(18-30-17-19-12-8-7-9-13-19)24-27-16-21-15-10-14-20(6-2)29(21)24/h7-16,22,28H,5-6,17-18,26H2,1-4H3/b23-11+. The second-order valence-corrected chi connectivity index (χ2v) is 8.19. The molecule has 0 radical (unpaired) electrons. The summed E-state index contributed by atoms with van der Waals surface area (Å²) in [6.45, 7) is 9.37. The zero-order chi connectivity index (χ0) is 21.6. The molecule has 0 bridgehead atoms. The van der Waals surface area contributed by atoms with Crippen LogP contribution in [-0.2, 0) is 17.8 Å². The van der Waals surface area contributed by atoms with Gasteiger partial charge < -0.3 is 15.8 Å².